The molecule has 0 fully saturated rings. The van der Waals surface area contributed by atoms with Crippen molar-refractivity contribution < 1.29 is 23.1 Å². The quantitative estimate of drug-likeness (QED) is 0.177. The topological polar surface area (TPSA) is 118 Å². The fourth-order valence-electron chi connectivity index (χ4n) is 3.18. The molecule has 0 radical (unpaired) electrons. The number of nitrogens with zero attached hydrogens (tertiary/aromatic N) is 1. The van der Waals surface area contributed by atoms with Crippen LogP contribution in [0.4, 0.5) is 8.78 Å². The number of hydrazine groups is 1. The number of aromatic amines is 1. The van der Waals surface area contributed by atoms with Crippen LogP contribution in [0.5, 0.6) is 5.75 Å². The minimum absolute atomic E-state index is 0.0462. The van der Waals surface area contributed by atoms with Crippen LogP contribution in [0.2, 0.25) is 0 Å². The van der Waals surface area contributed by atoms with E-state index in [0.717, 1.165) is 17.6 Å². The average molecular weight is 485 g/mol. The van der Waals surface area contributed by atoms with Gasteiger partial charge in [-0.05, 0) is 41.8 Å². The maximum atomic E-state index is 13.1. The predicted molar refractivity (Wildman–Crippen MR) is 125 cm³/mol. The summed E-state index contributed by atoms with van der Waals surface area (Å²) in [5.74, 6) is 3.35. The zero-order chi connectivity index (χ0) is 25.4. The number of nitrogens with one attached hydrogen (secondary N) is 2. The average Bonchev–Trinajstić information content (AvgIpc) is 2.85. The third-order valence-electron chi connectivity index (χ3n) is 5.13. The zero-order valence-electron chi connectivity index (χ0n) is 19.1. The molecule has 3 rings (SSSR count). The summed E-state index contributed by atoms with van der Waals surface area (Å²) in [6, 6.07) is 11.0. The van der Waals surface area contributed by atoms with Gasteiger partial charge in [0.2, 0.25) is 5.43 Å². The Morgan fingerprint density at radius 2 is 1.63 bits per heavy atom. The standard InChI is InChI=1S/C25H26F2N4O4/c1-2-3-12-35-23-21(25(34)31(28)15-17-6-10-19(27)11-7-17)29-14-20(22(23)32)24(33)30-13-16-4-8-18(26)9-5-16/h4-11,14H,2-3,12-13,15,28H2,1H3,(H,29,32)(H,30,33). The lowest BCUT2D eigenvalue weighted by molar-refractivity contribution is 0.0730. The van der Waals surface area contributed by atoms with E-state index >= 15 is 0 Å². The molecule has 0 saturated carbocycles. The van der Waals surface area contributed by atoms with Crippen LogP contribution >= 0.6 is 0 Å². The second-order valence-electron chi connectivity index (χ2n) is 7.81. The molecule has 2 amide bonds. The van der Waals surface area contributed by atoms with Gasteiger partial charge < -0.3 is 15.0 Å². The molecule has 0 aliphatic heterocycles. The number of pyridine rings is 1. The highest BCUT2D eigenvalue weighted by Gasteiger charge is 2.25. The minimum Gasteiger partial charge on any atom is -0.487 e. The second kappa shape index (κ2) is 11.9. The van der Waals surface area contributed by atoms with E-state index in [-0.39, 0.29) is 36.7 Å². The van der Waals surface area contributed by atoms with Crippen molar-refractivity contribution in [2.75, 3.05) is 6.61 Å². The van der Waals surface area contributed by atoms with E-state index < -0.39 is 28.9 Å². The Bertz CT molecular complexity index is 1230. The third-order valence-corrected chi connectivity index (χ3v) is 5.13. The molecule has 0 spiro atoms. The second-order valence-corrected chi connectivity index (χ2v) is 7.81. The van der Waals surface area contributed by atoms with Gasteiger partial charge in [-0.3, -0.25) is 19.4 Å². The molecule has 0 aliphatic carbocycles. The maximum Gasteiger partial charge on any atom is 0.288 e. The highest BCUT2D eigenvalue weighted by Crippen LogP contribution is 2.16. The zero-order valence-corrected chi connectivity index (χ0v) is 19.1. The lowest BCUT2D eigenvalue weighted by Crippen LogP contribution is -2.39. The number of nitrogens with two attached hydrogens (primary N) is 1. The van der Waals surface area contributed by atoms with Gasteiger partial charge in [-0.2, -0.15) is 0 Å². The highest BCUT2D eigenvalue weighted by molar-refractivity contribution is 5.98. The molecule has 0 unspecified atom stereocenters. The van der Waals surface area contributed by atoms with Crippen LogP contribution < -0.4 is 21.3 Å². The van der Waals surface area contributed by atoms with Crippen molar-refractivity contribution in [3.05, 3.63) is 99.0 Å². The molecule has 0 aliphatic rings. The summed E-state index contributed by atoms with van der Waals surface area (Å²) >= 11 is 0. The molecule has 184 valence electrons. The monoisotopic (exact) mass is 484 g/mol. The smallest absolute Gasteiger partial charge is 0.288 e. The molecule has 0 saturated heterocycles. The first-order chi connectivity index (χ1) is 16.8. The number of carbonyl (C=O) groups is 2. The van der Waals surface area contributed by atoms with Gasteiger partial charge in [0, 0.05) is 12.7 Å². The van der Waals surface area contributed by atoms with Crippen LogP contribution in [0.15, 0.2) is 59.5 Å². The van der Waals surface area contributed by atoms with Crippen LogP contribution in [0.1, 0.15) is 51.7 Å². The van der Waals surface area contributed by atoms with E-state index in [1.54, 1.807) is 0 Å². The molecule has 8 nitrogen and oxygen atoms in total. The summed E-state index contributed by atoms with van der Waals surface area (Å²) in [7, 11) is 0. The van der Waals surface area contributed by atoms with Crippen molar-refractivity contribution in [1.29, 1.82) is 0 Å². The SMILES string of the molecule is CCCCOc1c(C(=O)N(N)Cc2ccc(F)cc2)[nH]cc(C(=O)NCc2ccc(F)cc2)c1=O. The summed E-state index contributed by atoms with van der Waals surface area (Å²) < 4.78 is 31.8. The largest absolute Gasteiger partial charge is 0.487 e. The van der Waals surface area contributed by atoms with Crippen LogP contribution in [0, 0.1) is 11.6 Å². The van der Waals surface area contributed by atoms with E-state index in [1.165, 1.54) is 48.5 Å². The summed E-state index contributed by atoms with van der Waals surface area (Å²) in [6.45, 7) is 2.11. The summed E-state index contributed by atoms with van der Waals surface area (Å²) in [5, 5.41) is 3.45. The number of aromatic nitrogens is 1. The summed E-state index contributed by atoms with van der Waals surface area (Å²) in [6.07, 6.45) is 2.52. The number of halogens is 2. The van der Waals surface area contributed by atoms with Crippen molar-refractivity contribution in [1.82, 2.24) is 15.3 Å². The Hall–Kier alpha value is -4.05. The van der Waals surface area contributed by atoms with Crippen LogP contribution in [-0.2, 0) is 13.1 Å². The summed E-state index contributed by atoms with van der Waals surface area (Å²) in [5.41, 5.74) is -0.00476. The number of benzene rings is 2. The molecule has 1 heterocycles. The van der Waals surface area contributed by atoms with Gasteiger partial charge in [0.25, 0.3) is 11.8 Å². The molecular formula is C25H26F2N4O4. The van der Waals surface area contributed by atoms with Gasteiger partial charge in [-0.15, -0.1) is 0 Å². The predicted octanol–water partition coefficient (Wildman–Crippen LogP) is 3.28. The fraction of sp³-hybridized carbons (Fsp3) is 0.240. The number of hydrogen-bond acceptors (Lipinski definition) is 5. The normalized spacial score (nSPS) is 10.6. The van der Waals surface area contributed by atoms with E-state index in [1.807, 2.05) is 6.92 Å². The Labute approximate surface area is 200 Å². The number of ether oxygens (including phenoxy) is 1. The summed E-state index contributed by atoms with van der Waals surface area (Å²) in [4.78, 5) is 41.4. The van der Waals surface area contributed by atoms with E-state index in [2.05, 4.69) is 10.3 Å². The van der Waals surface area contributed by atoms with Crippen molar-refractivity contribution in [2.45, 2.75) is 32.9 Å². The first-order valence-corrected chi connectivity index (χ1v) is 11.0. The molecule has 0 bridgehead atoms. The van der Waals surface area contributed by atoms with E-state index in [0.29, 0.717) is 17.5 Å². The lowest BCUT2D eigenvalue weighted by atomic mass is 10.1. The number of H-pyrrole nitrogens is 1. The fourth-order valence-corrected chi connectivity index (χ4v) is 3.18. The third kappa shape index (κ3) is 6.73. The van der Waals surface area contributed by atoms with Crippen molar-refractivity contribution in [3.63, 3.8) is 0 Å². The van der Waals surface area contributed by atoms with Crippen LogP contribution in [0.25, 0.3) is 0 Å². The molecule has 1 aromatic heterocycles. The van der Waals surface area contributed by atoms with Crippen LogP contribution in [-0.4, -0.2) is 28.4 Å². The van der Waals surface area contributed by atoms with Gasteiger partial charge in [0.1, 0.15) is 17.2 Å². The van der Waals surface area contributed by atoms with Crippen LogP contribution in [0.3, 0.4) is 0 Å². The molecule has 10 heteroatoms. The Morgan fingerprint density at radius 3 is 2.23 bits per heavy atom. The Kier molecular flexibility index (Phi) is 8.69. The maximum absolute atomic E-state index is 13.1. The Balaban J connectivity index is 1.82. The molecule has 3 aromatic rings. The first-order valence-electron chi connectivity index (χ1n) is 11.0. The van der Waals surface area contributed by atoms with Gasteiger partial charge in [-0.25, -0.2) is 14.6 Å². The Morgan fingerprint density at radius 1 is 1.03 bits per heavy atom. The molecule has 2 aromatic carbocycles. The van der Waals surface area contributed by atoms with Gasteiger partial charge in [-0.1, -0.05) is 37.6 Å². The molecule has 35 heavy (non-hydrogen) atoms. The number of carbonyl (C=O) groups excluding carboxylic acids is 2. The number of unbranched alkanes of at least 4 members (excludes halogenated alkanes) is 1. The molecular weight excluding hydrogens is 458 g/mol. The molecule has 4 N–H and O–H groups in total. The number of rotatable bonds is 10. The van der Waals surface area contributed by atoms with Gasteiger partial charge in [0.15, 0.2) is 11.4 Å². The molecule has 0 atom stereocenters. The van der Waals surface area contributed by atoms with Gasteiger partial charge >= 0.3 is 0 Å². The highest BCUT2D eigenvalue weighted by atomic mass is 19.1. The minimum atomic E-state index is -0.769. The number of amides is 2. The van der Waals surface area contributed by atoms with Crippen molar-refractivity contribution in [2.24, 2.45) is 5.84 Å². The van der Waals surface area contributed by atoms with Crippen molar-refractivity contribution >= 4 is 11.8 Å². The van der Waals surface area contributed by atoms with E-state index in [9.17, 15) is 23.2 Å². The number of hydrogen-bond donors (Lipinski definition) is 3. The lowest BCUT2D eigenvalue weighted by Gasteiger charge is -2.19. The van der Waals surface area contributed by atoms with Gasteiger partial charge in [0.05, 0.1) is 13.2 Å². The van der Waals surface area contributed by atoms with E-state index in [4.69, 9.17) is 10.6 Å². The van der Waals surface area contributed by atoms with Crippen molar-refractivity contribution in [3.8, 4) is 5.75 Å². The first kappa shape index (κ1) is 25.6.